The average Bonchev–Trinajstić information content (AvgIpc) is 3.90. The number of nitrogens with zero attached hydrogens (tertiary/aromatic N) is 2. The summed E-state index contributed by atoms with van der Waals surface area (Å²) in [5.74, 6) is 2.55. The topological polar surface area (TPSA) is 77.6 Å². The summed E-state index contributed by atoms with van der Waals surface area (Å²) in [4.78, 5) is 21.0. The zero-order chi connectivity index (χ0) is 30.2. The number of H-pyrrole nitrogens is 1. The molecule has 1 amide bonds. The number of anilines is 1. The van der Waals surface area contributed by atoms with E-state index in [0.29, 0.717) is 17.6 Å². The van der Waals surface area contributed by atoms with Gasteiger partial charge in [-0.25, -0.2) is 0 Å². The molecule has 0 saturated carbocycles. The molecule has 9 rings (SSSR count). The minimum Gasteiger partial charge on any atom is -0.461 e. The first kappa shape index (κ1) is 28.6. The molecule has 7 heteroatoms. The summed E-state index contributed by atoms with van der Waals surface area (Å²) >= 11 is 0. The highest BCUT2D eigenvalue weighted by atomic mass is 16.3. The quantitative estimate of drug-likeness (QED) is 0.215. The number of piperidine rings is 3. The first-order valence-corrected chi connectivity index (χ1v) is 17.1. The second-order valence-electron chi connectivity index (χ2n) is 13.6. The van der Waals surface area contributed by atoms with E-state index in [4.69, 9.17) is 8.83 Å². The van der Waals surface area contributed by atoms with Gasteiger partial charge in [-0.1, -0.05) is 24.6 Å². The molecule has 3 aromatic heterocycles. The highest BCUT2D eigenvalue weighted by Crippen LogP contribution is 2.40. The first-order chi connectivity index (χ1) is 22.2. The van der Waals surface area contributed by atoms with E-state index in [-0.39, 0.29) is 5.91 Å². The van der Waals surface area contributed by atoms with E-state index >= 15 is 0 Å². The number of carbonyl (C=O) groups is 1. The molecule has 4 unspecified atom stereocenters. The van der Waals surface area contributed by atoms with Crippen LogP contribution in [-0.2, 0) is 0 Å². The number of hydrogen-bond acceptors (Lipinski definition) is 5. The maximum Gasteiger partial charge on any atom is 0.291 e. The second-order valence-corrected chi connectivity index (χ2v) is 13.6. The maximum absolute atomic E-state index is 12.3. The van der Waals surface area contributed by atoms with Gasteiger partial charge in [0.15, 0.2) is 5.76 Å². The summed E-state index contributed by atoms with van der Waals surface area (Å²) in [6.07, 6.45) is 15.5. The third kappa shape index (κ3) is 5.96. The van der Waals surface area contributed by atoms with Crippen LogP contribution < -0.4 is 5.32 Å². The SMILES string of the molecule is O=C(Nc1ccc2[nH]cc(C3CCN4CCCCC4C3)c2c1)c1ccco1.c1ccc2oc(C3CCN4CCCC4C3)cc2c1. The van der Waals surface area contributed by atoms with Gasteiger partial charge in [-0.15, -0.1) is 0 Å². The van der Waals surface area contributed by atoms with E-state index in [9.17, 15) is 4.79 Å². The van der Waals surface area contributed by atoms with Crippen LogP contribution in [0.25, 0.3) is 21.9 Å². The van der Waals surface area contributed by atoms with Crippen molar-refractivity contribution in [2.24, 2.45) is 0 Å². The van der Waals surface area contributed by atoms with Crippen LogP contribution in [0.4, 0.5) is 5.69 Å². The molecule has 0 bridgehead atoms. The molecule has 4 fully saturated rings. The molecule has 4 aliphatic heterocycles. The summed E-state index contributed by atoms with van der Waals surface area (Å²) in [7, 11) is 0. The molecule has 0 aliphatic carbocycles. The molecule has 4 saturated heterocycles. The van der Waals surface area contributed by atoms with Crippen LogP contribution in [0.1, 0.15) is 91.5 Å². The molecular weight excluding hydrogens is 560 g/mol. The number of rotatable bonds is 4. The van der Waals surface area contributed by atoms with Crippen molar-refractivity contribution >= 4 is 33.5 Å². The Hall–Kier alpha value is -3.81. The Labute approximate surface area is 264 Å². The number of hydrogen-bond donors (Lipinski definition) is 2. The fourth-order valence-electron chi connectivity index (χ4n) is 8.52. The van der Waals surface area contributed by atoms with Crippen molar-refractivity contribution in [3.8, 4) is 0 Å². The van der Waals surface area contributed by atoms with Gasteiger partial charge in [0.05, 0.1) is 6.26 Å². The van der Waals surface area contributed by atoms with Gasteiger partial charge in [-0.2, -0.15) is 0 Å². The van der Waals surface area contributed by atoms with Crippen LogP contribution in [0.5, 0.6) is 0 Å². The number of benzene rings is 2. The Morgan fingerprint density at radius 1 is 0.800 bits per heavy atom. The predicted octanol–water partition coefficient (Wildman–Crippen LogP) is 8.52. The van der Waals surface area contributed by atoms with Gasteiger partial charge < -0.3 is 28.9 Å². The Balaban J connectivity index is 0.000000144. The summed E-state index contributed by atoms with van der Waals surface area (Å²) in [5, 5.41) is 5.42. The minimum absolute atomic E-state index is 0.216. The molecular formula is C38H44N4O3. The Morgan fingerprint density at radius 3 is 2.44 bits per heavy atom. The highest BCUT2D eigenvalue weighted by molar-refractivity contribution is 6.03. The van der Waals surface area contributed by atoms with Gasteiger partial charge in [-0.3, -0.25) is 4.79 Å². The van der Waals surface area contributed by atoms with Gasteiger partial charge in [-0.05, 0) is 131 Å². The zero-order valence-corrected chi connectivity index (χ0v) is 26.0. The van der Waals surface area contributed by atoms with E-state index in [0.717, 1.165) is 28.9 Å². The largest absolute Gasteiger partial charge is 0.461 e. The van der Waals surface area contributed by atoms with Crippen molar-refractivity contribution in [3.05, 3.63) is 90.2 Å². The fourth-order valence-corrected chi connectivity index (χ4v) is 8.52. The van der Waals surface area contributed by atoms with Crippen molar-refractivity contribution in [1.82, 2.24) is 14.8 Å². The predicted molar refractivity (Wildman–Crippen MR) is 179 cm³/mol. The van der Waals surface area contributed by atoms with Crippen LogP contribution >= 0.6 is 0 Å². The molecule has 0 spiro atoms. The molecule has 45 heavy (non-hydrogen) atoms. The lowest BCUT2D eigenvalue weighted by Gasteiger charge is -2.42. The number of fused-ring (bicyclic) bond motifs is 4. The summed E-state index contributed by atoms with van der Waals surface area (Å²) < 4.78 is 11.2. The van der Waals surface area contributed by atoms with E-state index < -0.39 is 0 Å². The number of aromatic amines is 1. The van der Waals surface area contributed by atoms with Crippen molar-refractivity contribution < 1.29 is 13.6 Å². The first-order valence-electron chi connectivity index (χ1n) is 17.1. The van der Waals surface area contributed by atoms with Crippen molar-refractivity contribution in [2.45, 2.75) is 81.7 Å². The van der Waals surface area contributed by atoms with Gasteiger partial charge in [0.2, 0.25) is 0 Å². The van der Waals surface area contributed by atoms with Crippen LogP contribution in [0.15, 0.2) is 82.0 Å². The number of para-hydroxylation sites is 1. The number of furan rings is 2. The monoisotopic (exact) mass is 604 g/mol. The Bertz CT molecular complexity index is 1720. The van der Waals surface area contributed by atoms with Crippen LogP contribution in [0, 0.1) is 0 Å². The second kappa shape index (κ2) is 12.5. The number of aromatic nitrogens is 1. The van der Waals surface area contributed by atoms with Crippen molar-refractivity contribution in [1.29, 1.82) is 0 Å². The van der Waals surface area contributed by atoms with E-state index in [1.54, 1.807) is 12.1 Å². The molecule has 0 radical (unpaired) electrons. The minimum atomic E-state index is -0.216. The average molecular weight is 605 g/mol. The van der Waals surface area contributed by atoms with Crippen LogP contribution in [-0.4, -0.2) is 59.0 Å². The maximum atomic E-state index is 12.3. The van der Waals surface area contributed by atoms with Gasteiger partial charge >= 0.3 is 0 Å². The Morgan fingerprint density at radius 2 is 1.60 bits per heavy atom. The summed E-state index contributed by atoms with van der Waals surface area (Å²) in [6.45, 7) is 5.05. The number of nitrogens with one attached hydrogen (secondary N) is 2. The lowest BCUT2D eigenvalue weighted by molar-refractivity contribution is 0.0977. The summed E-state index contributed by atoms with van der Waals surface area (Å²) in [6, 6.07) is 21.6. The third-order valence-electron chi connectivity index (χ3n) is 10.9. The smallest absolute Gasteiger partial charge is 0.291 e. The Kier molecular flexibility index (Phi) is 7.98. The van der Waals surface area contributed by atoms with E-state index in [2.05, 4.69) is 62.7 Å². The standard InChI is InChI=1S/C22H25N3O2.C16H19NO/c26-22(21-5-3-11-27-21)24-16-6-7-20-18(13-16)19(14-23-20)15-8-10-25-9-2-1-4-17(25)12-15;1-2-6-15-12(4-1)11-16(18-15)13-7-9-17-8-3-5-14(17)10-13/h3,5-7,11,13-15,17,23H,1-2,4,8-10,12H2,(H,24,26);1-2,4,6,11,13-14H,3,5,7-10H2. The zero-order valence-electron chi connectivity index (χ0n) is 26.0. The molecule has 2 N–H and O–H groups in total. The number of amides is 1. The third-order valence-corrected chi connectivity index (χ3v) is 10.9. The van der Waals surface area contributed by atoms with E-state index in [1.807, 2.05) is 12.1 Å². The summed E-state index contributed by atoms with van der Waals surface area (Å²) in [5.41, 5.74) is 4.37. The lowest BCUT2D eigenvalue weighted by Crippen LogP contribution is -2.44. The molecule has 7 heterocycles. The van der Waals surface area contributed by atoms with Gasteiger partial charge in [0.1, 0.15) is 11.3 Å². The fraction of sp³-hybridized carbons (Fsp3) is 0.447. The lowest BCUT2D eigenvalue weighted by atomic mass is 9.82. The molecule has 234 valence electrons. The normalized spacial score (nSPS) is 25.4. The molecule has 5 aromatic rings. The molecule has 2 aromatic carbocycles. The van der Waals surface area contributed by atoms with Crippen LogP contribution in [0.2, 0.25) is 0 Å². The molecule has 7 nitrogen and oxygen atoms in total. The number of carbonyl (C=O) groups excluding carboxylic acids is 1. The van der Waals surface area contributed by atoms with Crippen molar-refractivity contribution in [2.75, 3.05) is 31.5 Å². The van der Waals surface area contributed by atoms with E-state index in [1.165, 1.54) is 112 Å². The van der Waals surface area contributed by atoms with Crippen LogP contribution in [0.3, 0.4) is 0 Å². The van der Waals surface area contributed by atoms with Gasteiger partial charge in [0, 0.05) is 46.2 Å². The highest BCUT2D eigenvalue weighted by Gasteiger charge is 2.34. The molecule has 4 aliphatic rings. The van der Waals surface area contributed by atoms with Crippen molar-refractivity contribution in [3.63, 3.8) is 0 Å². The van der Waals surface area contributed by atoms with Gasteiger partial charge in [0.25, 0.3) is 5.91 Å². The molecule has 4 atom stereocenters.